The van der Waals surface area contributed by atoms with Crippen molar-refractivity contribution in [1.82, 2.24) is 15.1 Å². The van der Waals surface area contributed by atoms with Gasteiger partial charge in [-0.2, -0.15) is 10.4 Å². The van der Waals surface area contributed by atoms with Crippen molar-refractivity contribution >= 4 is 5.91 Å². The summed E-state index contributed by atoms with van der Waals surface area (Å²) in [6, 6.07) is 22.1. The highest BCUT2D eigenvalue weighted by molar-refractivity contribution is 5.85. The lowest BCUT2D eigenvalue weighted by atomic mass is 9.87. The van der Waals surface area contributed by atoms with Gasteiger partial charge in [-0.25, -0.2) is 4.68 Å². The van der Waals surface area contributed by atoms with E-state index in [0.29, 0.717) is 19.4 Å². The molecule has 0 saturated heterocycles. The zero-order chi connectivity index (χ0) is 19.4. The van der Waals surface area contributed by atoms with Crippen LogP contribution in [0.25, 0.3) is 16.9 Å². The molecule has 0 spiro atoms. The van der Waals surface area contributed by atoms with Gasteiger partial charge in [0.05, 0.1) is 17.5 Å². The minimum Gasteiger partial charge on any atom is -0.350 e. The number of aromatic nitrogens is 2. The maximum Gasteiger partial charge on any atom is 0.240 e. The van der Waals surface area contributed by atoms with E-state index < -0.39 is 5.41 Å². The zero-order valence-electron chi connectivity index (χ0n) is 15.6. The van der Waals surface area contributed by atoms with Gasteiger partial charge in [0.25, 0.3) is 0 Å². The van der Waals surface area contributed by atoms with E-state index in [1.807, 2.05) is 71.5 Å². The maximum atomic E-state index is 12.7. The van der Waals surface area contributed by atoms with Crippen molar-refractivity contribution in [3.63, 3.8) is 0 Å². The molecule has 4 rings (SSSR count). The first kappa shape index (κ1) is 18.0. The third-order valence-corrected chi connectivity index (χ3v) is 5.40. The molecule has 0 atom stereocenters. The molecule has 140 valence electrons. The molecule has 1 aliphatic carbocycles. The van der Waals surface area contributed by atoms with Crippen molar-refractivity contribution in [3.8, 4) is 23.0 Å². The lowest BCUT2D eigenvalue weighted by Gasteiger charge is -2.19. The van der Waals surface area contributed by atoms with Gasteiger partial charge < -0.3 is 5.32 Å². The number of nitrogens with zero attached hydrogens (tertiary/aromatic N) is 3. The molecule has 0 aliphatic heterocycles. The van der Waals surface area contributed by atoms with E-state index >= 15 is 0 Å². The Labute approximate surface area is 164 Å². The van der Waals surface area contributed by atoms with E-state index in [0.717, 1.165) is 35.3 Å². The smallest absolute Gasteiger partial charge is 0.240 e. The van der Waals surface area contributed by atoms with Crippen LogP contribution in [0.3, 0.4) is 0 Å². The molecule has 5 heteroatoms. The van der Waals surface area contributed by atoms with Gasteiger partial charge in [-0.05, 0) is 25.0 Å². The Kier molecular flexibility index (Phi) is 4.94. The quantitative estimate of drug-likeness (QED) is 0.730. The van der Waals surface area contributed by atoms with Crippen LogP contribution in [0.5, 0.6) is 0 Å². The number of nitriles is 1. The third kappa shape index (κ3) is 3.41. The van der Waals surface area contributed by atoms with Gasteiger partial charge in [0, 0.05) is 23.9 Å². The minimum atomic E-state index is -0.873. The predicted octanol–water partition coefficient (Wildman–Crippen LogP) is 4.24. The topological polar surface area (TPSA) is 70.7 Å². The number of benzene rings is 2. The number of rotatable bonds is 5. The average Bonchev–Trinajstić information content (AvgIpc) is 3.41. The van der Waals surface area contributed by atoms with Crippen molar-refractivity contribution in [3.05, 3.63) is 72.4 Å². The summed E-state index contributed by atoms with van der Waals surface area (Å²) in [4.78, 5) is 12.7. The predicted molar refractivity (Wildman–Crippen MR) is 107 cm³/mol. The molecule has 1 N–H and O–H groups in total. The van der Waals surface area contributed by atoms with Crippen LogP contribution in [0.4, 0.5) is 0 Å². The van der Waals surface area contributed by atoms with Gasteiger partial charge >= 0.3 is 0 Å². The highest BCUT2D eigenvalue weighted by Crippen LogP contribution is 2.37. The Morgan fingerprint density at radius 2 is 1.71 bits per heavy atom. The molecule has 1 fully saturated rings. The van der Waals surface area contributed by atoms with E-state index in [1.54, 1.807) is 0 Å². The van der Waals surface area contributed by atoms with Crippen LogP contribution in [0.2, 0.25) is 0 Å². The molecular weight excluding hydrogens is 348 g/mol. The molecule has 0 bridgehead atoms. The highest BCUT2D eigenvalue weighted by atomic mass is 16.2. The Hall–Kier alpha value is -3.39. The van der Waals surface area contributed by atoms with Crippen molar-refractivity contribution in [1.29, 1.82) is 5.26 Å². The number of para-hydroxylation sites is 1. The Balaban J connectivity index is 1.63. The largest absolute Gasteiger partial charge is 0.350 e. The number of hydrogen-bond donors (Lipinski definition) is 1. The van der Waals surface area contributed by atoms with Crippen LogP contribution >= 0.6 is 0 Å². The van der Waals surface area contributed by atoms with Gasteiger partial charge in [0.1, 0.15) is 5.41 Å². The van der Waals surface area contributed by atoms with Crippen molar-refractivity contribution in [2.24, 2.45) is 5.41 Å². The Morgan fingerprint density at radius 3 is 2.36 bits per heavy atom. The SMILES string of the molecule is N#CC1(C(=O)NCc2cn(-c3ccccc3)nc2-c2ccccc2)CCCC1. The number of carbonyl (C=O) groups is 1. The maximum absolute atomic E-state index is 12.7. The Morgan fingerprint density at radius 1 is 1.07 bits per heavy atom. The summed E-state index contributed by atoms with van der Waals surface area (Å²) in [6.45, 7) is 0.347. The number of hydrogen-bond acceptors (Lipinski definition) is 3. The second-order valence-corrected chi connectivity index (χ2v) is 7.23. The number of nitrogens with one attached hydrogen (secondary N) is 1. The van der Waals surface area contributed by atoms with Crippen LogP contribution in [-0.2, 0) is 11.3 Å². The second-order valence-electron chi connectivity index (χ2n) is 7.23. The molecule has 3 aromatic rings. The second kappa shape index (κ2) is 7.69. The van der Waals surface area contributed by atoms with E-state index in [2.05, 4.69) is 11.4 Å². The average molecular weight is 370 g/mol. The van der Waals surface area contributed by atoms with E-state index in [4.69, 9.17) is 5.10 Å². The summed E-state index contributed by atoms with van der Waals surface area (Å²) < 4.78 is 1.83. The summed E-state index contributed by atoms with van der Waals surface area (Å²) in [7, 11) is 0. The summed E-state index contributed by atoms with van der Waals surface area (Å²) in [5, 5.41) is 17.3. The normalized spacial score (nSPS) is 15.1. The summed E-state index contributed by atoms with van der Waals surface area (Å²) in [5.41, 5.74) is 2.85. The van der Waals surface area contributed by atoms with Crippen LogP contribution < -0.4 is 5.32 Å². The first-order valence-electron chi connectivity index (χ1n) is 9.61. The monoisotopic (exact) mass is 370 g/mol. The highest BCUT2D eigenvalue weighted by Gasteiger charge is 2.41. The van der Waals surface area contributed by atoms with Crippen molar-refractivity contribution in [2.45, 2.75) is 32.2 Å². The molecule has 5 nitrogen and oxygen atoms in total. The van der Waals surface area contributed by atoms with Crippen LogP contribution in [-0.4, -0.2) is 15.7 Å². The Bertz CT molecular complexity index is 996. The summed E-state index contributed by atoms with van der Waals surface area (Å²) in [5.74, 6) is -0.168. The molecular formula is C23H22N4O. The summed E-state index contributed by atoms with van der Waals surface area (Å²) >= 11 is 0. The first-order chi connectivity index (χ1) is 13.7. The molecule has 2 aromatic carbocycles. The molecule has 1 saturated carbocycles. The zero-order valence-corrected chi connectivity index (χ0v) is 15.6. The van der Waals surface area contributed by atoms with Gasteiger partial charge in [-0.15, -0.1) is 0 Å². The van der Waals surface area contributed by atoms with Crippen molar-refractivity contribution in [2.75, 3.05) is 0 Å². The molecule has 1 aliphatic rings. The lowest BCUT2D eigenvalue weighted by molar-refractivity contribution is -0.128. The number of amides is 1. The fraction of sp³-hybridized carbons (Fsp3) is 0.261. The summed E-state index contributed by atoms with van der Waals surface area (Å²) in [6.07, 6.45) is 5.10. The van der Waals surface area contributed by atoms with Gasteiger partial charge in [0.2, 0.25) is 5.91 Å². The third-order valence-electron chi connectivity index (χ3n) is 5.40. The molecule has 1 heterocycles. The van der Waals surface area contributed by atoms with Gasteiger partial charge in [-0.3, -0.25) is 4.79 Å². The van der Waals surface area contributed by atoms with Gasteiger partial charge in [-0.1, -0.05) is 61.4 Å². The van der Waals surface area contributed by atoms with Crippen LogP contribution in [0, 0.1) is 16.7 Å². The first-order valence-corrected chi connectivity index (χ1v) is 9.61. The minimum absolute atomic E-state index is 0.168. The van der Waals surface area contributed by atoms with Crippen LogP contribution in [0.1, 0.15) is 31.2 Å². The molecule has 0 radical (unpaired) electrons. The fourth-order valence-corrected chi connectivity index (χ4v) is 3.80. The van der Waals surface area contributed by atoms with E-state index in [9.17, 15) is 10.1 Å². The number of carbonyl (C=O) groups excluding carboxylic acids is 1. The fourth-order valence-electron chi connectivity index (χ4n) is 3.80. The lowest BCUT2D eigenvalue weighted by Crippen LogP contribution is -2.37. The molecule has 1 aromatic heterocycles. The van der Waals surface area contributed by atoms with E-state index in [-0.39, 0.29) is 5.91 Å². The standard InChI is InChI=1S/C23H22N4O/c24-17-23(13-7-8-14-23)22(28)25-15-19-16-27(20-11-5-2-6-12-20)26-21(19)18-9-3-1-4-10-18/h1-6,9-12,16H,7-8,13-15H2,(H,25,28). The molecule has 28 heavy (non-hydrogen) atoms. The molecule has 0 unspecified atom stereocenters. The van der Waals surface area contributed by atoms with Crippen LogP contribution in [0.15, 0.2) is 66.9 Å². The molecule has 1 amide bonds. The van der Waals surface area contributed by atoms with E-state index in [1.165, 1.54) is 0 Å². The van der Waals surface area contributed by atoms with Gasteiger partial charge in [0.15, 0.2) is 0 Å². The van der Waals surface area contributed by atoms with Crippen molar-refractivity contribution < 1.29 is 4.79 Å².